The van der Waals surface area contributed by atoms with Gasteiger partial charge in [0.2, 0.25) is 5.91 Å². The molecular weight excluding hydrogens is 347 g/mol. The second-order valence-corrected chi connectivity index (χ2v) is 7.39. The van der Waals surface area contributed by atoms with Gasteiger partial charge in [-0.2, -0.15) is 0 Å². The van der Waals surface area contributed by atoms with Crippen molar-refractivity contribution in [1.82, 2.24) is 0 Å². The van der Waals surface area contributed by atoms with Crippen LogP contribution >= 0.6 is 0 Å². The van der Waals surface area contributed by atoms with E-state index in [1.807, 2.05) is 0 Å². The highest BCUT2D eigenvalue weighted by atomic mass is 19.4. The van der Waals surface area contributed by atoms with Crippen LogP contribution in [0.2, 0.25) is 0 Å². The number of hydrogen-bond donors (Lipinski definition) is 1. The first-order valence-electron chi connectivity index (χ1n) is 9.10. The number of carbonyl (C=O) groups excluding carboxylic acids is 1. The largest absolute Gasteiger partial charge is 0.573 e. The standard InChI is InChI=1S/C19H24F3NO3/c1-2-3-13-12-18(9-8-16(13)24)10-11-23(17(18)25)14-4-6-15(7-5-14)26-19(20,21)22/h4-7,13,16,24H,2-3,8-12H2,1H3. The molecule has 1 aromatic rings. The first-order chi connectivity index (χ1) is 12.2. The quantitative estimate of drug-likeness (QED) is 0.860. The molecule has 2 aliphatic rings. The van der Waals surface area contributed by atoms with Crippen molar-refractivity contribution >= 4 is 11.6 Å². The van der Waals surface area contributed by atoms with Crippen molar-refractivity contribution in [3.63, 3.8) is 0 Å². The van der Waals surface area contributed by atoms with Crippen molar-refractivity contribution in [1.29, 1.82) is 0 Å². The van der Waals surface area contributed by atoms with Crippen LogP contribution < -0.4 is 9.64 Å². The molecule has 0 bridgehead atoms. The molecule has 1 aromatic carbocycles. The van der Waals surface area contributed by atoms with Crippen LogP contribution in [0, 0.1) is 11.3 Å². The van der Waals surface area contributed by atoms with Gasteiger partial charge >= 0.3 is 6.36 Å². The zero-order valence-corrected chi connectivity index (χ0v) is 14.8. The van der Waals surface area contributed by atoms with E-state index in [0.717, 1.165) is 19.3 Å². The molecule has 7 heteroatoms. The molecule has 3 rings (SSSR count). The number of hydrogen-bond acceptors (Lipinski definition) is 3. The predicted molar refractivity (Wildman–Crippen MR) is 90.8 cm³/mol. The van der Waals surface area contributed by atoms with Crippen molar-refractivity contribution in [2.24, 2.45) is 11.3 Å². The molecular formula is C19H24F3NO3. The summed E-state index contributed by atoms with van der Waals surface area (Å²) in [7, 11) is 0. The highest BCUT2D eigenvalue weighted by molar-refractivity contribution is 6.00. The first-order valence-corrected chi connectivity index (χ1v) is 9.10. The lowest BCUT2D eigenvalue weighted by molar-refractivity contribution is -0.274. The molecule has 4 nitrogen and oxygen atoms in total. The summed E-state index contributed by atoms with van der Waals surface area (Å²) in [5, 5.41) is 10.2. The van der Waals surface area contributed by atoms with Gasteiger partial charge in [-0.3, -0.25) is 4.79 Å². The van der Waals surface area contributed by atoms with Gasteiger partial charge in [0.25, 0.3) is 0 Å². The van der Waals surface area contributed by atoms with Gasteiger partial charge in [-0.25, -0.2) is 0 Å². The minimum atomic E-state index is -4.73. The maximum atomic E-state index is 13.1. The fourth-order valence-electron chi connectivity index (χ4n) is 4.38. The molecule has 1 saturated heterocycles. The van der Waals surface area contributed by atoms with Crippen molar-refractivity contribution in [3.05, 3.63) is 24.3 Å². The SMILES string of the molecule is CCCC1CC2(CCC1O)CCN(c1ccc(OC(F)(F)F)cc1)C2=O. The molecule has 0 aromatic heterocycles. The normalized spacial score (nSPS) is 29.4. The Balaban J connectivity index is 1.73. The zero-order chi connectivity index (χ0) is 18.9. The molecule has 1 heterocycles. The summed E-state index contributed by atoms with van der Waals surface area (Å²) in [5.41, 5.74) is 0.139. The fourth-order valence-corrected chi connectivity index (χ4v) is 4.38. The lowest BCUT2D eigenvalue weighted by atomic mass is 9.66. The molecule has 26 heavy (non-hydrogen) atoms. The van der Waals surface area contributed by atoms with E-state index in [1.165, 1.54) is 24.3 Å². The average molecular weight is 371 g/mol. The average Bonchev–Trinajstić information content (AvgIpc) is 2.88. The van der Waals surface area contributed by atoms with E-state index in [-0.39, 0.29) is 23.7 Å². The van der Waals surface area contributed by atoms with Gasteiger partial charge in [0.15, 0.2) is 0 Å². The van der Waals surface area contributed by atoms with Crippen LogP contribution in [0.1, 0.15) is 45.4 Å². The molecule has 144 valence electrons. The van der Waals surface area contributed by atoms with E-state index in [9.17, 15) is 23.1 Å². The van der Waals surface area contributed by atoms with E-state index in [1.54, 1.807) is 4.90 Å². The summed E-state index contributed by atoms with van der Waals surface area (Å²) in [4.78, 5) is 14.7. The third-order valence-corrected chi connectivity index (χ3v) is 5.67. The number of rotatable bonds is 4. The fraction of sp³-hybridized carbons (Fsp3) is 0.632. The Labute approximate surface area is 150 Å². The Bertz CT molecular complexity index is 646. The topological polar surface area (TPSA) is 49.8 Å². The summed E-state index contributed by atoms with van der Waals surface area (Å²) in [6, 6.07) is 5.43. The van der Waals surface area contributed by atoms with Crippen LogP contribution in [0.5, 0.6) is 5.75 Å². The van der Waals surface area contributed by atoms with Crippen LogP contribution in [-0.4, -0.2) is 30.0 Å². The number of ether oxygens (including phenoxy) is 1. The van der Waals surface area contributed by atoms with Gasteiger partial charge < -0.3 is 14.7 Å². The van der Waals surface area contributed by atoms with Crippen molar-refractivity contribution < 1.29 is 27.8 Å². The molecule has 1 amide bonds. The Morgan fingerprint density at radius 2 is 1.96 bits per heavy atom. The number of anilines is 1. The lowest BCUT2D eigenvalue weighted by Crippen LogP contribution is -2.42. The van der Waals surface area contributed by atoms with Crippen LogP contribution in [0.3, 0.4) is 0 Å². The molecule has 3 unspecified atom stereocenters. The third kappa shape index (κ3) is 3.82. The monoisotopic (exact) mass is 371 g/mol. The number of aliphatic hydroxyl groups excluding tert-OH is 1. The zero-order valence-electron chi connectivity index (χ0n) is 14.8. The lowest BCUT2D eigenvalue weighted by Gasteiger charge is -2.39. The van der Waals surface area contributed by atoms with E-state index in [2.05, 4.69) is 11.7 Å². The second kappa shape index (κ2) is 7.10. The van der Waals surface area contributed by atoms with Gasteiger partial charge in [0.05, 0.1) is 11.5 Å². The molecule has 1 aliphatic heterocycles. The predicted octanol–water partition coefficient (Wildman–Crippen LogP) is 4.27. The smallest absolute Gasteiger partial charge is 0.406 e. The van der Waals surface area contributed by atoms with Gasteiger partial charge in [-0.05, 0) is 62.3 Å². The summed E-state index contributed by atoms with van der Waals surface area (Å²) in [5.74, 6) is -0.137. The molecule has 1 spiro atoms. The van der Waals surface area contributed by atoms with Crippen LogP contribution in [0.25, 0.3) is 0 Å². The molecule has 1 saturated carbocycles. The van der Waals surface area contributed by atoms with Crippen molar-refractivity contribution in [3.8, 4) is 5.75 Å². The number of halogens is 3. The summed E-state index contributed by atoms with van der Waals surface area (Å²) >= 11 is 0. The van der Waals surface area contributed by atoms with Crippen LogP contribution in [-0.2, 0) is 4.79 Å². The third-order valence-electron chi connectivity index (χ3n) is 5.67. The Morgan fingerprint density at radius 3 is 2.58 bits per heavy atom. The highest BCUT2D eigenvalue weighted by Gasteiger charge is 2.51. The van der Waals surface area contributed by atoms with Crippen molar-refractivity contribution in [2.75, 3.05) is 11.4 Å². The molecule has 1 aliphatic carbocycles. The van der Waals surface area contributed by atoms with Gasteiger partial charge in [-0.1, -0.05) is 13.3 Å². The Hall–Kier alpha value is -1.76. The Kier molecular flexibility index (Phi) is 5.19. The number of alkyl halides is 3. The minimum Gasteiger partial charge on any atom is -0.406 e. The maximum absolute atomic E-state index is 13.1. The van der Waals surface area contributed by atoms with E-state index >= 15 is 0 Å². The summed E-state index contributed by atoms with van der Waals surface area (Å²) in [6.07, 6.45) is -0.503. The first kappa shape index (κ1) is 19.0. The number of benzene rings is 1. The summed E-state index contributed by atoms with van der Waals surface area (Å²) < 4.78 is 40.7. The second-order valence-electron chi connectivity index (χ2n) is 7.39. The molecule has 3 atom stereocenters. The molecule has 1 N–H and O–H groups in total. The van der Waals surface area contributed by atoms with Crippen LogP contribution in [0.15, 0.2) is 24.3 Å². The Morgan fingerprint density at radius 1 is 1.27 bits per heavy atom. The summed E-state index contributed by atoms with van der Waals surface area (Å²) in [6.45, 7) is 2.62. The molecule has 0 radical (unpaired) electrons. The van der Waals surface area contributed by atoms with Gasteiger partial charge in [-0.15, -0.1) is 13.2 Å². The van der Waals surface area contributed by atoms with E-state index in [4.69, 9.17) is 0 Å². The van der Waals surface area contributed by atoms with E-state index < -0.39 is 11.8 Å². The van der Waals surface area contributed by atoms with Gasteiger partial charge in [0.1, 0.15) is 5.75 Å². The number of nitrogens with zero attached hydrogens (tertiary/aromatic N) is 1. The minimum absolute atomic E-state index is 0.0231. The number of carbonyl (C=O) groups is 1. The number of aliphatic hydroxyl groups is 1. The molecule has 2 fully saturated rings. The number of amides is 1. The highest BCUT2D eigenvalue weighted by Crippen LogP contribution is 2.49. The maximum Gasteiger partial charge on any atom is 0.573 e. The van der Waals surface area contributed by atoms with Crippen molar-refractivity contribution in [2.45, 2.75) is 57.9 Å². The van der Waals surface area contributed by atoms with Crippen LogP contribution in [0.4, 0.5) is 18.9 Å². The van der Waals surface area contributed by atoms with E-state index in [0.29, 0.717) is 31.5 Å². The van der Waals surface area contributed by atoms with Gasteiger partial charge in [0, 0.05) is 12.2 Å².